The first-order valence-corrected chi connectivity index (χ1v) is 10.7. The largest absolute Gasteiger partial charge is 0.494 e. The third-order valence-corrected chi connectivity index (χ3v) is 6.03. The predicted molar refractivity (Wildman–Crippen MR) is 118 cm³/mol. The molecule has 2 aliphatic rings. The first-order valence-electron chi connectivity index (χ1n) is 10.7. The van der Waals surface area contributed by atoms with Gasteiger partial charge < -0.3 is 18.8 Å². The molecule has 166 valence electrons. The van der Waals surface area contributed by atoms with Crippen molar-refractivity contribution in [3.63, 3.8) is 0 Å². The Morgan fingerprint density at radius 3 is 2.07 bits per heavy atom. The molecule has 0 bridgehead atoms. The van der Waals surface area contributed by atoms with E-state index in [1.54, 1.807) is 4.90 Å². The first kappa shape index (κ1) is 23.1. The second-order valence-corrected chi connectivity index (χ2v) is 10.9. The van der Waals surface area contributed by atoms with Crippen molar-refractivity contribution in [1.29, 1.82) is 0 Å². The minimum atomic E-state index is -0.551. The molecule has 6 nitrogen and oxygen atoms in total. The van der Waals surface area contributed by atoms with Crippen LogP contribution in [0.3, 0.4) is 0 Å². The van der Waals surface area contributed by atoms with Crippen molar-refractivity contribution >= 4 is 18.7 Å². The summed E-state index contributed by atoms with van der Waals surface area (Å²) in [7, 11) is -0.410. The first-order chi connectivity index (χ1) is 13.6. The molecule has 2 heterocycles. The molecule has 0 radical (unpaired) electrons. The summed E-state index contributed by atoms with van der Waals surface area (Å²) in [6, 6.07) is 7.84. The number of benzene rings is 1. The summed E-state index contributed by atoms with van der Waals surface area (Å²) in [6.45, 7) is 18.7. The van der Waals surface area contributed by atoms with E-state index < -0.39 is 18.3 Å². The van der Waals surface area contributed by atoms with Crippen molar-refractivity contribution in [2.45, 2.75) is 90.8 Å². The third kappa shape index (κ3) is 4.84. The number of nitrogens with zero attached hydrogens (tertiary/aromatic N) is 1. The lowest BCUT2D eigenvalue weighted by Crippen LogP contribution is -2.53. The number of amides is 1. The van der Waals surface area contributed by atoms with Crippen molar-refractivity contribution in [2.75, 3.05) is 13.2 Å². The molecular formula is C23H36BNO5. The summed E-state index contributed by atoms with van der Waals surface area (Å²) in [5.74, 6) is 0. The van der Waals surface area contributed by atoms with Crippen LogP contribution in [0.15, 0.2) is 24.3 Å². The van der Waals surface area contributed by atoms with Gasteiger partial charge in [-0.1, -0.05) is 24.3 Å². The Balaban J connectivity index is 1.80. The molecule has 1 atom stereocenters. The molecule has 1 aromatic rings. The summed E-state index contributed by atoms with van der Waals surface area (Å²) in [6.07, 6.45) is -0.320. The highest BCUT2D eigenvalue weighted by atomic mass is 16.7. The second kappa shape index (κ2) is 7.54. The van der Waals surface area contributed by atoms with Crippen molar-refractivity contribution in [1.82, 2.24) is 4.90 Å². The Labute approximate surface area is 181 Å². The van der Waals surface area contributed by atoms with E-state index in [1.807, 2.05) is 86.6 Å². The Hall–Kier alpha value is -1.57. The van der Waals surface area contributed by atoms with Crippen LogP contribution in [0.5, 0.6) is 0 Å². The predicted octanol–water partition coefficient (Wildman–Crippen LogP) is 4.07. The van der Waals surface area contributed by atoms with Crippen LogP contribution >= 0.6 is 0 Å². The summed E-state index contributed by atoms with van der Waals surface area (Å²) >= 11 is 0. The van der Waals surface area contributed by atoms with Crippen LogP contribution < -0.4 is 5.46 Å². The Morgan fingerprint density at radius 2 is 1.57 bits per heavy atom. The highest BCUT2D eigenvalue weighted by Gasteiger charge is 2.51. The van der Waals surface area contributed by atoms with Crippen molar-refractivity contribution < 1.29 is 23.6 Å². The number of morpholine rings is 1. The van der Waals surface area contributed by atoms with Gasteiger partial charge in [-0.3, -0.25) is 4.90 Å². The normalized spacial score (nSPS) is 25.3. The minimum absolute atomic E-state index is 0.208. The average molecular weight is 417 g/mol. The van der Waals surface area contributed by atoms with E-state index in [-0.39, 0.29) is 23.3 Å². The molecule has 0 aliphatic carbocycles. The zero-order chi connectivity index (χ0) is 22.5. The monoisotopic (exact) mass is 417 g/mol. The third-order valence-electron chi connectivity index (χ3n) is 6.03. The maximum atomic E-state index is 12.9. The molecule has 2 fully saturated rings. The van der Waals surface area contributed by atoms with Gasteiger partial charge in [0.05, 0.1) is 36.0 Å². The van der Waals surface area contributed by atoms with Gasteiger partial charge in [0.25, 0.3) is 0 Å². The highest BCUT2D eigenvalue weighted by Crippen LogP contribution is 2.37. The van der Waals surface area contributed by atoms with Crippen LogP contribution in [0.2, 0.25) is 0 Å². The van der Waals surface area contributed by atoms with E-state index in [1.165, 1.54) is 0 Å². The molecule has 3 rings (SSSR count). The zero-order valence-corrected chi connectivity index (χ0v) is 19.9. The van der Waals surface area contributed by atoms with Gasteiger partial charge in [0.1, 0.15) is 5.60 Å². The summed E-state index contributed by atoms with van der Waals surface area (Å²) in [5, 5.41) is 0. The molecule has 1 amide bonds. The van der Waals surface area contributed by atoms with Crippen molar-refractivity contribution in [3.8, 4) is 0 Å². The van der Waals surface area contributed by atoms with E-state index in [0.717, 1.165) is 11.0 Å². The lowest BCUT2D eigenvalue weighted by atomic mass is 9.78. The van der Waals surface area contributed by atoms with Crippen LogP contribution in [0.4, 0.5) is 4.79 Å². The number of carbonyl (C=O) groups is 1. The summed E-state index contributed by atoms with van der Waals surface area (Å²) in [5.41, 5.74) is 0.218. The maximum Gasteiger partial charge on any atom is 0.494 e. The fourth-order valence-corrected chi connectivity index (χ4v) is 3.60. The molecule has 7 heteroatoms. The quantitative estimate of drug-likeness (QED) is 0.679. The van der Waals surface area contributed by atoms with Crippen LogP contribution in [-0.4, -0.2) is 53.7 Å². The Kier molecular flexibility index (Phi) is 5.80. The van der Waals surface area contributed by atoms with Gasteiger partial charge in [-0.15, -0.1) is 0 Å². The zero-order valence-electron chi connectivity index (χ0n) is 19.9. The molecule has 0 aromatic heterocycles. The van der Waals surface area contributed by atoms with Gasteiger partial charge >= 0.3 is 13.2 Å². The number of ether oxygens (including phenoxy) is 2. The van der Waals surface area contributed by atoms with Gasteiger partial charge in [0.2, 0.25) is 0 Å². The van der Waals surface area contributed by atoms with Gasteiger partial charge in [-0.25, -0.2) is 4.79 Å². The lowest BCUT2D eigenvalue weighted by molar-refractivity contribution is -0.114. The van der Waals surface area contributed by atoms with Crippen LogP contribution in [0, 0.1) is 0 Å². The molecule has 30 heavy (non-hydrogen) atoms. The van der Waals surface area contributed by atoms with Gasteiger partial charge in [0.15, 0.2) is 0 Å². The SMILES string of the molecule is CC(C)(C)OC(=O)N1CC(C)(C)OCC1c1ccc(B2OC(C)(C)C(C)(C)O2)cc1. The molecular weight excluding hydrogens is 381 g/mol. The molecule has 0 N–H and O–H groups in total. The van der Waals surface area contributed by atoms with Crippen LogP contribution in [0.25, 0.3) is 0 Å². The van der Waals surface area contributed by atoms with Crippen LogP contribution in [0.1, 0.15) is 73.9 Å². The number of rotatable bonds is 2. The number of carbonyl (C=O) groups excluding carboxylic acids is 1. The molecule has 1 aromatic carbocycles. The topological polar surface area (TPSA) is 57.2 Å². The summed E-state index contributed by atoms with van der Waals surface area (Å²) < 4.78 is 24.0. The van der Waals surface area contributed by atoms with Gasteiger partial charge in [-0.2, -0.15) is 0 Å². The van der Waals surface area contributed by atoms with Crippen molar-refractivity contribution in [3.05, 3.63) is 29.8 Å². The van der Waals surface area contributed by atoms with E-state index in [2.05, 4.69) is 0 Å². The fourth-order valence-electron chi connectivity index (χ4n) is 3.60. The molecule has 2 aliphatic heterocycles. The molecule has 0 saturated carbocycles. The summed E-state index contributed by atoms with van der Waals surface area (Å²) in [4.78, 5) is 14.7. The molecule has 0 spiro atoms. The highest BCUT2D eigenvalue weighted by molar-refractivity contribution is 6.62. The Bertz CT molecular complexity index is 766. The number of hydrogen-bond donors (Lipinski definition) is 0. The smallest absolute Gasteiger partial charge is 0.444 e. The van der Waals surface area contributed by atoms with Gasteiger partial charge in [-0.05, 0) is 73.3 Å². The van der Waals surface area contributed by atoms with Gasteiger partial charge in [0, 0.05) is 0 Å². The van der Waals surface area contributed by atoms with Crippen LogP contribution in [-0.2, 0) is 18.8 Å². The average Bonchev–Trinajstić information content (AvgIpc) is 2.80. The second-order valence-electron chi connectivity index (χ2n) is 10.9. The minimum Gasteiger partial charge on any atom is -0.444 e. The standard InChI is InChI=1S/C23H36BNO5/c1-20(2,3)28-19(26)25-15-21(4,5)27-14-18(25)16-10-12-17(13-11-16)24-29-22(6,7)23(8,9)30-24/h10-13,18H,14-15H2,1-9H3. The van der Waals surface area contributed by atoms with E-state index in [4.69, 9.17) is 18.8 Å². The molecule has 2 saturated heterocycles. The van der Waals surface area contributed by atoms with E-state index >= 15 is 0 Å². The lowest BCUT2D eigenvalue weighted by Gasteiger charge is -2.44. The fraction of sp³-hybridized carbons (Fsp3) is 0.696. The van der Waals surface area contributed by atoms with E-state index in [0.29, 0.717) is 13.2 Å². The van der Waals surface area contributed by atoms with Crippen molar-refractivity contribution in [2.24, 2.45) is 0 Å². The molecule has 1 unspecified atom stereocenters. The number of hydrogen-bond acceptors (Lipinski definition) is 5. The maximum absolute atomic E-state index is 12.9. The van der Waals surface area contributed by atoms with E-state index in [9.17, 15) is 4.79 Å². The Morgan fingerprint density at radius 1 is 1.03 bits per heavy atom.